The molecule has 0 spiro atoms. The van der Waals surface area contributed by atoms with E-state index in [0.29, 0.717) is 11.4 Å². The average molecular weight is 390 g/mol. The van der Waals surface area contributed by atoms with E-state index in [1.807, 2.05) is 0 Å². The number of hydrogen-bond donors (Lipinski definition) is 3. The largest absolute Gasteiger partial charge is 0.465 e. The normalized spacial score (nSPS) is 9.16. The predicted molar refractivity (Wildman–Crippen MR) is 79.9 cm³/mol. The Morgan fingerprint density at radius 2 is 1.68 bits per heavy atom. The molecule has 2 heterocycles. The molecule has 0 radical (unpaired) electrons. The maximum atomic E-state index is 10.1. The number of pyridine rings is 2. The molecule has 0 unspecified atom stereocenters. The van der Waals surface area contributed by atoms with Gasteiger partial charge in [-0.1, -0.05) is 0 Å². The van der Waals surface area contributed by atoms with Gasteiger partial charge < -0.3 is 10.8 Å². The number of nitrogens with zero attached hydrogens (tertiary/aromatic N) is 2. The van der Waals surface area contributed by atoms with Crippen LogP contribution in [0.25, 0.3) is 0 Å². The van der Waals surface area contributed by atoms with Gasteiger partial charge >= 0.3 is 6.09 Å². The Morgan fingerprint density at radius 1 is 1.11 bits per heavy atom. The molecule has 0 saturated carbocycles. The molecule has 0 atom stereocenters. The maximum absolute atomic E-state index is 10.1. The summed E-state index contributed by atoms with van der Waals surface area (Å²) in [4.78, 5) is 17.7. The van der Waals surface area contributed by atoms with Crippen LogP contribution in [-0.4, -0.2) is 21.2 Å². The van der Waals surface area contributed by atoms with Crippen LogP contribution in [-0.2, 0) is 0 Å². The van der Waals surface area contributed by atoms with Gasteiger partial charge in [0, 0.05) is 27.5 Å². The van der Waals surface area contributed by atoms with Crippen LogP contribution < -0.4 is 11.1 Å². The molecule has 0 aliphatic rings. The topological polar surface area (TPSA) is 101 Å². The highest BCUT2D eigenvalue weighted by Crippen LogP contribution is 2.13. The standard InChI is InChI=1S/C6H5BrN2O2.C5H5BrN2/c7-4-1-5(3-8-2-4)9-6(10)11;6-4-1-5(7)3-8-2-4/h1-3,9H,(H,10,11);1-3H,7H2. The number of carboxylic acid groups (broad SMARTS) is 1. The van der Waals surface area contributed by atoms with E-state index in [-0.39, 0.29) is 0 Å². The van der Waals surface area contributed by atoms with E-state index in [2.05, 4.69) is 47.1 Å². The third-order valence-corrected chi connectivity index (χ3v) is 2.55. The zero-order valence-electron chi connectivity index (χ0n) is 9.55. The smallest absolute Gasteiger partial charge is 0.409 e. The maximum Gasteiger partial charge on any atom is 0.409 e. The van der Waals surface area contributed by atoms with Gasteiger partial charge in [0.15, 0.2) is 0 Å². The lowest BCUT2D eigenvalue weighted by molar-refractivity contribution is 0.209. The monoisotopic (exact) mass is 388 g/mol. The Morgan fingerprint density at radius 3 is 2.11 bits per heavy atom. The van der Waals surface area contributed by atoms with Gasteiger partial charge in [0.25, 0.3) is 0 Å². The molecule has 1 amide bonds. The fourth-order valence-electron chi connectivity index (χ4n) is 1.03. The highest BCUT2D eigenvalue weighted by Gasteiger charge is 1.97. The molecule has 0 bridgehead atoms. The average Bonchev–Trinajstić information content (AvgIpc) is 2.28. The summed E-state index contributed by atoms with van der Waals surface area (Å²) in [6, 6.07) is 3.42. The summed E-state index contributed by atoms with van der Waals surface area (Å²) in [6.07, 6.45) is 5.21. The Labute approximate surface area is 126 Å². The minimum absolute atomic E-state index is 0.451. The summed E-state index contributed by atoms with van der Waals surface area (Å²) in [5.41, 5.74) is 6.50. The van der Waals surface area contributed by atoms with Crippen molar-refractivity contribution in [1.29, 1.82) is 0 Å². The van der Waals surface area contributed by atoms with Crippen LogP contribution in [0.5, 0.6) is 0 Å². The zero-order valence-corrected chi connectivity index (χ0v) is 12.7. The second-order valence-electron chi connectivity index (χ2n) is 3.26. The van der Waals surface area contributed by atoms with E-state index in [0.717, 1.165) is 8.95 Å². The number of aromatic nitrogens is 2. The van der Waals surface area contributed by atoms with Crippen molar-refractivity contribution < 1.29 is 9.90 Å². The zero-order chi connectivity index (χ0) is 14.3. The van der Waals surface area contributed by atoms with Gasteiger partial charge in [0.2, 0.25) is 0 Å². The molecule has 0 saturated heterocycles. The molecule has 19 heavy (non-hydrogen) atoms. The summed E-state index contributed by atoms with van der Waals surface area (Å²) in [6.45, 7) is 0. The number of carbonyl (C=O) groups is 1. The van der Waals surface area contributed by atoms with Crippen LogP contribution in [0.2, 0.25) is 0 Å². The molecule has 100 valence electrons. The van der Waals surface area contributed by atoms with Crippen LogP contribution in [0.3, 0.4) is 0 Å². The lowest BCUT2D eigenvalue weighted by Gasteiger charge is -1.98. The minimum atomic E-state index is -1.09. The van der Waals surface area contributed by atoms with Crippen LogP contribution in [0, 0.1) is 0 Å². The third kappa shape index (κ3) is 6.73. The summed E-state index contributed by atoms with van der Waals surface area (Å²) >= 11 is 6.38. The first kappa shape index (κ1) is 15.4. The first-order valence-electron chi connectivity index (χ1n) is 4.94. The van der Waals surface area contributed by atoms with E-state index in [1.54, 1.807) is 30.7 Å². The molecule has 2 rings (SSSR count). The van der Waals surface area contributed by atoms with Crippen molar-refractivity contribution in [3.05, 3.63) is 45.9 Å². The predicted octanol–water partition coefficient (Wildman–Crippen LogP) is 3.36. The van der Waals surface area contributed by atoms with Crippen molar-refractivity contribution >= 4 is 49.3 Å². The van der Waals surface area contributed by atoms with Crippen LogP contribution in [0.1, 0.15) is 0 Å². The number of rotatable bonds is 1. The van der Waals surface area contributed by atoms with Crippen LogP contribution in [0.4, 0.5) is 16.2 Å². The SMILES string of the molecule is Nc1cncc(Br)c1.O=C(O)Nc1cncc(Br)c1. The van der Waals surface area contributed by atoms with E-state index in [1.165, 1.54) is 6.20 Å². The summed E-state index contributed by atoms with van der Waals surface area (Å²) in [5, 5.41) is 10.5. The Balaban J connectivity index is 0.000000200. The quantitative estimate of drug-likeness (QED) is 0.694. The van der Waals surface area contributed by atoms with Crippen LogP contribution >= 0.6 is 31.9 Å². The molecule has 2 aromatic rings. The van der Waals surface area contributed by atoms with E-state index in [4.69, 9.17) is 10.8 Å². The van der Waals surface area contributed by atoms with E-state index < -0.39 is 6.09 Å². The second-order valence-corrected chi connectivity index (χ2v) is 5.09. The number of amides is 1. The number of nitrogen functional groups attached to an aromatic ring is 1. The highest BCUT2D eigenvalue weighted by molar-refractivity contribution is 9.10. The molecular weight excluding hydrogens is 380 g/mol. The number of nitrogens with two attached hydrogens (primary N) is 1. The molecule has 6 nitrogen and oxygen atoms in total. The molecule has 8 heteroatoms. The fourth-order valence-corrected chi connectivity index (χ4v) is 1.78. The van der Waals surface area contributed by atoms with Crippen molar-refractivity contribution in [2.75, 3.05) is 11.1 Å². The van der Waals surface area contributed by atoms with Crippen molar-refractivity contribution in [2.45, 2.75) is 0 Å². The van der Waals surface area contributed by atoms with Crippen molar-refractivity contribution in [3.63, 3.8) is 0 Å². The molecule has 0 fully saturated rings. The van der Waals surface area contributed by atoms with E-state index in [9.17, 15) is 4.79 Å². The molecule has 4 N–H and O–H groups in total. The first-order valence-corrected chi connectivity index (χ1v) is 6.52. The van der Waals surface area contributed by atoms with Gasteiger partial charge in [-0.3, -0.25) is 15.3 Å². The van der Waals surface area contributed by atoms with Gasteiger partial charge in [-0.15, -0.1) is 0 Å². The van der Waals surface area contributed by atoms with Gasteiger partial charge in [0.1, 0.15) is 0 Å². The van der Waals surface area contributed by atoms with Gasteiger partial charge in [-0.2, -0.15) is 0 Å². The molecule has 0 aromatic carbocycles. The number of nitrogens with one attached hydrogen (secondary N) is 1. The summed E-state index contributed by atoms with van der Waals surface area (Å²) in [5.74, 6) is 0. The third-order valence-electron chi connectivity index (χ3n) is 1.68. The lowest BCUT2D eigenvalue weighted by atomic mass is 10.4. The molecule has 2 aromatic heterocycles. The van der Waals surface area contributed by atoms with E-state index >= 15 is 0 Å². The molecule has 0 aliphatic heterocycles. The number of hydrogen-bond acceptors (Lipinski definition) is 4. The fraction of sp³-hybridized carbons (Fsp3) is 0. The summed E-state index contributed by atoms with van der Waals surface area (Å²) in [7, 11) is 0. The van der Waals surface area contributed by atoms with Crippen molar-refractivity contribution in [2.24, 2.45) is 0 Å². The Kier molecular flexibility index (Phi) is 6.23. The Hall–Kier alpha value is -1.67. The second kappa shape index (κ2) is 7.70. The number of halogens is 2. The van der Waals surface area contributed by atoms with Crippen molar-refractivity contribution in [1.82, 2.24) is 9.97 Å². The first-order chi connectivity index (χ1) is 8.97. The van der Waals surface area contributed by atoms with Gasteiger partial charge in [0.05, 0.1) is 17.6 Å². The molecule has 0 aliphatic carbocycles. The number of anilines is 2. The minimum Gasteiger partial charge on any atom is -0.465 e. The molecular formula is C11H10Br2N4O2. The van der Waals surface area contributed by atoms with Crippen LogP contribution in [0.15, 0.2) is 45.9 Å². The summed E-state index contributed by atoms with van der Waals surface area (Å²) < 4.78 is 1.65. The highest BCUT2D eigenvalue weighted by atomic mass is 79.9. The van der Waals surface area contributed by atoms with Gasteiger partial charge in [-0.25, -0.2) is 4.79 Å². The van der Waals surface area contributed by atoms with Gasteiger partial charge in [-0.05, 0) is 44.0 Å². The Bertz CT molecular complexity index is 549. The van der Waals surface area contributed by atoms with Crippen molar-refractivity contribution in [3.8, 4) is 0 Å². The lowest BCUT2D eigenvalue weighted by Crippen LogP contribution is -2.07.